The van der Waals surface area contributed by atoms with Crippen LogP contribution < -0.4 is 5.43 Å². The number of hydrogen-bond donors (Lipinski definition) is 2. The number of nitrogens with one attached hydrogen (secondary N) is 2. The summed E-state index contributed by atoms with van der Waals surface area (Å²) >= 11 is 6.27. The van der Waals surface area contributed by atoms with Gasteiger partial charge in [-0.3, -0.25) is 19.6 Å². The van der Waals surface area contributed by atoms with E-state index in [9.17, 15) is 4.79 Å². The molecule has 1 aliphatic heterocycles. The van der Waals surface area contributed by atoms with Crippen molar-refractivity contribution < 1.29 is 4.79 Å². The lowest BCUT2D eigenvalue weighted by Gasteiger charge is -2.21. The van der Waals surface area contributed by atoms with Gasteiger partial charge in [0.15, 0.2) is 3.95 Å². The molecule has 16 heavy (non-hydrogen) atoms. The molecule has 0 unspecified atom stereocenters. The van der Waals surface area contributed by atoms with E-state index in [0.29, 0.717) is 10.5 Å². The van der Waals surface area contributed by atoms with Gasteiger partial charge < -0.3 is 0 Å². The number of H-pyrrole nitrogens is 1. The van der Waals surface area contributed by atoms with Crippen molar-refractivity contribution in [1.29, 1.82) is 0 Å². The van der Waals surface area contributed by atoms with E-state index in [0.717, 1.165) is 11.4 Å². The van der Waals surface area contributed by atoms with Crippen molar-refractivity contribution in [2.45, 2.75) is 6.92 Å². The number of aromatic nitrogens is 2. The molecule has 1 aromatic heterocycles. The van der Waals surface area contributed by atoms with Gasteiger partial charge in [0.2, 0.25) is 5.91 Å². The van der Waals surface area contributed by atoms with E-state index < -0.39 is 0 Å². The zero-order chi connectivity index (χ0) is 11.5. The molecule has 2 rings (SSSR count). The van der Waals surface area contributed by atoms with Crippen molar-refractivity contribution in [1.82, 2.24) is 19.8 Å². The number of nitrogens with zero attached hydrogens (tertiary/aromatic N) is 2. The fourth-order valence-corrected chi connectivity index (χ4v) is 2.01. The van der Waals surface area contributed by atoms with Gasteiger partial charge in [0.25, 0.3) is 0 Å². The van der Waals surface area contributed by atoms with E-state index in [4.69, 9.17) is 12.2 Å². The van der Waals surface area contributed by atoms with Gasteiger partial charge in [-0.05, 0) is 29.8 Å². The van der Waals surface area contributed by atoms with Crippen molar-refractivity contribution in [2.24, 2.45) is 0 Å². The minimum absolute atomic E-state index is 0.0884. The quantitative estimate of drug-likeness (QED) is 0.785. The molecule has 0 aliphatic carbocycles. The second-order valence-corrected chi connectivity index (χ2v) is 4.67. The van der Waals surface area contributed by atoms with Crippen LogP contribution in [0.5, 0.6) is 0 Å². The van der Waals surface area contributed by atoms with E-state index in [1.165, 1.54) is 18.5 Å². The molecule has 0 saturated heterocycles. The molecule has 5 nitrogen and oxygen atoms in total. The first-order chi connectivity index (χ1) is 7.65. The Morgan fingerprint density at radius 2 is 2.56 bits per heavy atom. The summed E-state index contributed by atoms with van der Waals surface area (Å²) in [6.45, 7) is 2.09. The fourth-order valence-electron chi connectivity index (χ4n) is 1.31. The predicted molar refractivity (Wildman–Crippen MR) is 64.9 cm³/mol. The molecule has 0 spiro atoms. The van der Waals surface area contributed by atoms with Crippen molar-refractivity contribution in [3.05, 3.63) is 28.1 Å². The number of allylic oxidation sites excluding steroid dienone is 2. The first-order valence-corrected chi connectivity index (χ1v) is 5.86. The largest absolute Gasteiger partial charge is 0.293 e. The first kappa shape index (κ1) is 11.0. The maximum Gasteiger partial charge on any atom is 0.235 e. The molecule has 1 amide bonds. The highest BCUT2D eigenvalue weighted by molar-refractivity contribution is 7.73. The SMILES string of the molecule is CC(=O)NN1C=CC(c2nc(=S)s[nH]2)=CC1. The normalized spacial score (nSPS) is 14.8. The lowest BCUT2D eigenvalue weighted by Crippen LogP contribution is -2.37. The standard InChI is InChI=1S/C9H10N4OS2/c1-6(14)11-13-4-2-7(3-5-13)8-10-9(15)16-12-8/h2-4H,5H2,1H3,(H,11,14)(H,10,12,15). The van der Waals surface area contributed by atoms with E-state index in [-0.39, 0.29) is 5.91 Å². The number of rotatable bonds is 2. The van der Waals surface area contributed by atoms with Crippen LogP contribution in [0, 0.1) is 3.95 Å². The Bertz CT molecular complexity index is 514. The lowest BCUT2D eigenvalue weighted by atomic mass is 10.2. The zero-order valence-electron chi connectivity index (χ0n) is 8.56. The summed E-state index contributed by atoms with van der Waals surface area (Å²) in [5.41, 5.74) is 3.65. The molecule has 0 bridgehead atoms. The molecule has 1 aromatic rings. The monoisotopic (exact) mass is 254 g/mol. The fraction of sp³-hybridized carbons (Fsp3) is 0.222. The smallest absolute Gasteiger partial charge is 0.235 e. The first-order valence-electron chi connectivity index (χ1n) is 4.63. The summed E-state index contributed by atoms with van der Waals surface area (Å²) in [5, 5.41) is 1.70. The molecule has 0 saturated carbocycles. The highest BCUT2D eigenvalue weighted by Crippen LogP contribution is 2.16. The molecule has 7 heteroatoms. The summed E-state index contributed by atoms with van der Waals surface area (Å²) < 4.78 is 3.62. The van der Waals surface area contributed by atoms with E-state index in [1.54, 1.807) is 11.2 Å². The Balaban J connectivity index is 2.07. The molecule has 2 heterocycles. The summed E-state index contributed by atoms with van der Waals surface area (Å²) in [5.74, 6) is 0.684. The van der Waals surface area contributed by atoms with Crippen molar-refractivity contribution in [3.8, 4) is 0 Å². The molecule has 84 valence electrons. The minimum atomic E-state index is -0.0884. The van der Waals surface area contributed by atoms with Crippen LogP contribution in [0.4, 0.5) is 0 Å². The molecule has 1 aliphatic rings. The van der Waals surface area contributed by atoms with Gasteiger partial charge in [0.05, 0.1) is 6.54 Å². The molecule has 0 fully saturated rings. The van der Waals surface area contributed by atoms with Gasteiger partial charge in [0.1, 0.15) is 5.82 Å². The number of carbonyl (C=O) groups is 1. The molecular weight excluding hydrogens is 244 g/mol. The Morgan fingerprint density at radius 1 is 1.75 bits per heavy atom. The number of carbonyl (C=O) groups excluding carboxylic acids is 1. The Kier molecular flexibility index (Phi) is 3.16. The summed E-state index contributed by atoms with van der Waals surface area (Å²) in [4.78, 5) is 15.0. The van der Waals surface area contributed by atoms with E-state index in [2.05, 4.69) is 14.8 Å². The van der Waals surface area contributed by atoms with Gasteiger partial charge in [-0.2, -0.15) is 0 Å². The Morgan fingerprint density at radius 3 is 3.06 bits per heavy atom. The van der Waals surface area contributed by atoms with Crippen LogP contribution in [-0.4, -0.2) is 26.8 Å². The van der Waals surface area contributed by atoms with Crippen molar-refractivity contribution >= 4 is 35.2 Å². The summed E-state index contributed by atoms with van der Waals surface area (Å²) in [7, 11) is 0. The highest BCUT2D eigenvalue weighted by Gasteiger charge is 2.08. The van der Waals surface area contributed by atoms with E-state index in [1.807, 2.05) is 12.2 Å². The van der Waals surface area contributed by atoms with Crippen molar-refractivity contribution in [3.63, 3.8) is 0 Å². The Labute approximate surface area is 102 Å². The average Bonchev–Trinajstić information content (AvgIpc) is 2.65. The van der Waals surface area contributed by atoms with Crippen LogP contribution in [0.1, 0.15) is 12.7 Å². The number of hydrogen-bond acceptors (Lipinski definition) is 5. The van der Waals surface area contributed by atoms with Crippen LogP contribution in [-0.2, 0) is 4.79 Å². The van der Waals surface area contributed by atoms with Gasteiger partial charge >= 0.3 is 0 Å². The summed E-state index contributed by atoms with van der Waals surface area (Å²) in [6, 6.07) is 0. The maximum atomic E-state index is 10.8. The van der Waals surface area contributed by atoms with Gasteiger partial charge in [-0.15, -0.1) is 0 Å². The van der Waals surface area contributed by atoms with Crippen LogP contribution in [0.15, 0.2) is 18.4 Å². The molecular formula is C9H10N4OS2. The molecule has 2 N–H and O–H groups in total. The Hall–Kier alpha value is -1.47. The van der Waals surface area contributed by atoms with Crippen LogP contribution >= 0.6 is 23.8 Å². The van der Waals surface area contributed by atoms with E-state index >= 15 is 0 Å². The second-order valence-electron chi connectivity index (χ2n) is 3.23. The van der Waals surface area contributed by atoms with Gasteiger partial charge in [-0.1, -0.05) is 6.08 Å². The van der Waals surface area contributed by atoms with Gasteiger partial charge in [-0.25, -0.2) is 4.98 Å². The zero-order valence-corrected chi connectivity index (χ0v) is 10.2. The topological polar surface area (TPSA) is 61.0 Å². The number of hydrazine groups is 1. The molecule has 0 aromatic carbocycles. The van der Waals surface area contributed by atoms with Gasteiger partial charge in [0, 0.05) is 18.7 Å². The molecule has 0 radical (unpaired) electrons. The third-order valence-corrected chi connectivity index (χ3v) is 2.86. The number of aromatic amines is 1. The van der Waals surface area contributed by atoms with Crippen LogP contribution in [0.25, 0.3) is 5.57 Å². The lowest BCUT2D eigenvalue weighted by molar-refractivity contribution is -0.122. The van der Waals surface area contributed by atoms with Crippen LogP contribution in [0.3, 0.4) is 0 Å². The average molecular weight is 254 g/mol. The molecule has 0 atom stereocenters. The second kappa shape index (κ2) is 4.58. The summed E-state index contributed by atoms with van der Waals surface area (Å²) in [6.07, 6.45) is 5.64. The third kappa shape index (κ3) is 2.56. The third-order valence-electron chi connectivity index (χ3n) is 1.95. The maximum absolute atomic E-state index is 10.8. The van der Waals surface area contributed by atoms with Crippen LogP contribution in [0.2, 0.25) is 0 Å². The predicted octanol–water partition coefficient (Wildman–Crippen LogP) is 1.46. The number of amides is 1. The highest BCUT2D eigenvalue weighted by atomic mass is 32.2. The minimum Gasteiger partial charge on any atom is -0.293 e. The van der Waals surface area contributed by atoms with Crippen molar-refractivity contribution in [2.75, 3.05) is 6.54 Å².